The van der Waals surface area contributed by atoms with Crippen LogP contribution in [0.25, 0.3) is 6.08 Å². The minimum Gasteiger partial charge on any atom is -0.493 e. The lowest BCUT2D eigenvalue weighted by Gasteiger charge is -2.12. The van der Waals surface area contributed by atoms with Crippen LogP contribution in [-0.4, -0.2) is 31.4 Å². The molecule has 2 aromatic rings. The third-order valence-electron chi connectivity index (χ3n) is 3.96. The van der Waals surface area contributed by atoms with Crippen LogP contribution in [0.15, 0.2) is 36.4 Å². The molecule has 3 rings (SSSR count). The summed E-state index contributed by atoms with van der Waals surface area (Å²) in [7, 11) is 1.18. The fraction of sp³-hybridized carbons (Fsp3) is 0.211. The van der Waals surface area contributed by atoms with Gasteiger partial charge in [0, 0.05) is 6.08 Å². The number of halogens is 2. The molecule has 2 aromatic carbocycles. The van der Waals surface area contributed by atoms with Gasteiger partial charge in [-0.1, -0.05) is 6.07 Å². The van der Waals surface area contributed by atoms with Crippen molar-refractivity contribution in [3.05, 3.63) is 57.6 Å². The summed E-state index contributed by atoms with van der Waals surface area (Å²) in [5.74, 6) is -0.303. The van der Waals surface area contributed by atoms with Gasteiger partial charge in [-0.05, 0) is 29.8 Å². The number of methoxy groups -OCH3 is 1. The molecule has 158 valence electrons. The van der Waals surface area contributed by atoms with Crippen LogP contribution in [-0.2, 0) is 16.1 Å². The Labute approximate surface area is 168 Å². The molecule has 0 bridgehead atoms. The lowest BCUT2D eigenvalue weighted by atomic mass is 10.1. The number of carbonyl (C=O) groups is 1. The van der Waals surface area contributed by atoms with Gasteiger partial charge in [-0.15, -0.1) is 0 Å². The number of benzene rings is 2. The maximum atomic E-state index is 12.5. The average molecular weight is 423 g/mol. The third-order valence-corrected chi connectivity index (χ3v) is 3.96. The predicted octanol–water partition coefficient (Wildman–Crippen LogP) is 3.69. The van der Waals surface area contributed by atoms with E-state index in [0.29, 0.717) is 17.1 Å². The first-order valence-corrected chi connectivity index (χ1v) is 8.42. The van der Waals surface area contributed by atoms with E-state index in [0.717, 1.165) is 18.2 Å². The number of hydrogen-bond acceptors (Lipinski definition) is 8. The van der Waals surface area contributed by atoms with Crippen LogP contribution in [0.5, 0.6) is 23.0 Å². The van der Waals surface area contributed by atoms with Gasteiger partial charge in [-0.2, -0.15) is 8.78 Å². The van der Waals surface area contributed by atoms with Crippen molar-refractivity contribution in [1.82, 2.24) is 0 Å². The summed E-state index contributed by atoms with van der Waals surface area (Å²) in [4.78, 5) is 22.4. The summed E-state index contributed by atoms with van der Waals surface area (Å²) in [6, 6.07) is 6.95. The molecule has 0 spiro atoms. The molecule has 0 saturated heterocycles. The Hall–Kier alpha value is -3.89. The van der Waals surface area contributed by atoms with Crippen molar-refractivity contribution in [2.45, 2.75) is 13.2 Å². The molecular formula is C19H15F2NO8. The smallest absolute Gasteiger partial charge is 0.387 e. The highest BCUT2D eigenvalue weighted by Gasteiger charge is 2.22. The number of esters is 1. The van der Waals surface area contributed by atoms with Gasteiger partial charge in [0.2, 0.25) is 6.79 Å². The van der Waals surface area contributed by atoms with E-state index in [2.05, 4.69) is 4.74 Å². The first kappa shape index (κ1) is 20.8. The summed E-state index contributed by atoms with van der Waals surface area (Å²) in [6.45, 7) is -3.55. The number of hydrogen-bond donors (Lipinski definition) is 0. The van der Waals surface area contributed by atoms with Crippen molar-refractivity contribution >= 4 is 17.7 Å². The number of ether oxygens (including phenoxy) is 5. The Balaban J connectivity index is 1.70. The van der Waals surface area contributed by atoms with E-state index in [4.69, 9.17) is 18.9 Å². The second-order valence-corrected chi connectivity index (χ2v) is 5.82. The van der Waals surface area contributed by atoms with Gasteiger partial charge in [0.25, 0.3) is 5.69 Å². The lowest BCUT2D eigenvalue weighted by molar-refractivity contribution is -0.386. The summed E-state index contributed by atoms with van der Waals surface area (Å²) in [6.07, 6.45) is 2.60. The van der Waals surface area contributed by atoms with Crippen molar-refractivity contribution in [3.63, 3.8) is 0 Å². The Morgan fingerprint density at radius 1 is 1.23 bits per heavy atom. The van der Waals surface area contributed by atoms with Gasteiger partial charge < -0.3 is 23.7 Å². The molecule has 1 heterocycles. The quantitative estimate of drug-likeness (QED) is 0.274. The van der Waals surface area contributed by atoms with Crippen molar-refractivity contribution in [2.24, 2.45) is 0 Å². The van der Waals surface area contributed by atoms with Crippen LogP contribution in [0.3, 0.4) is 0 Å². The van der Waals surface area contributed by atoms with E-state index in [1.54, 1.807) is 18.2 Å². The number of carbonyl (C=O) groups excluding carboxylic acids is 1. The van der Waals surface area contributed by atoms with Crippen LogP contribution in [0, 0.1) is 10.1 Å². The van der Waals surface area contributed by atoms with Gasteiger partial charge in [0.1, 0.15) is 6.61 Å². The summed E-state index contributed by atoms with van der Waals surface area (Å²) in [5, 5.41) is 11.3. The number of nitro benzene ring substituents is 1. The topological polar surface area (TPSA) is 106 Å². The first-order chi connectivity index (χ1) is 14.4. The summed E-state index contributed by atoms with van der Waals surface area (Å²) < 4.78 is 49.6. The molecule has 1 aliphatic heterocycles. The maximum absolute atomic E-state index is 12.5. The first-order valence-electron chi connectivity index (χ1n) is 8.42. The standard InChI is InChI=1S/C19H15F2NO8/c1-26-15-7-12(13(22(24)25)8-17(15)30-19(20)21)9-27-18(23)5-3-11-2-4-14-16(6-11)29-10-28-14/h2-8,19H,9-10H2,1H3/b5-3+. The Morgan fingerprint density at radius 3 is 2.70 bits per heavy atom. The lowest BCUT2D eigenvalue weighted by Crippen LogP contribution is -2.07. The molecule has 9 nitrogen and oxygen atoms in total. The molecule has 0 fully saturated rings. The third kappa shape index (κ3) is 4.93. The monoisotopic (exact) mass is 423 g/mol. The van der Waals surface area contributed by atoms with Crippen LogP contribution in [0.4, 0.5) is 14.5 Å². The second kappa shape index (κ2) is 9.07. The van der Waals surface area contributed by atoms with Crippen molar-refractivity contribution in [2.75, 3.05) is 13.9 Å². The molecule has 1 aliphatic rings. The Kier molecular flexibility index (Phi) is 6.30. The zero-order chi connectivity index (χ0) is 21.7. The summed E-state index contributed by atoms with van der Waals surface area (Å²) >= 11 is 0. The molecule has 0 aromatic heterocycles. The highest BCUT2D eigenvalue weighted by atomic mass is 19.3. The Morgan fingerprint density at radius 2 is 2.00 bits per heavy atom. The largest absolute Gasteiger partial charge is 0.493 e. The van der Waals surface area contributed by atoms with E-state index < -0.39 is 35.5 Å². The minimum atomic E-state index is -3.19. The van der Waals surface area contributed by atoms with Crippen LogP contribution in [0.1, 0.15) is 11.1 Å². The predicted molar refractivity (Wildman–Crippen MR) is 97.7 cm³/mol. The molecule has 0 unspecified atom stereocenters. The van der Waals surface area contributed by atoms with Gasteiger partial charge >= 0.3 is 12.6 Å². The normalized spacial score (nSPS) is 12.3. The fourth-order valence-corrected chi connectivity index (χ4v) is 2.60. The van der Waals surface area contributed by atoms with Crippen molar-refractivity contribution < 1.29 is 42.2 Å². The number of nitrogens with zero attached hydrogens (tertiary/aromatic N) is 1. The van der Waals surface area contributed by atoms with Gasteiger partial charge in [0.15, 0.2) is 23.0 Å². The minimum absolute atomic E-state index is 0.0525. The molecule has 11 heteroatoms. The Bertz CT molecular complexity index is 993. The van der Waals surface area contributed by atoms with E-state index in [-0.39, 0.29) is 18.1 Å². The number of alkyl halides is 2. The van der Waals surface area contributed by atoms with Crippen molar-refractivity contribution in [1.29, 1.82) is 0 Å². The molecule has 0 atom stereocenters. The van der Waals surface area contributed by atoms with E-state index in [1.807, 2.05) is 0 Å². The molecular weight excluding hydrogens is 408 g/mol. The zero-order valence-corrected chi connectivity index (χ0v) is 15.5. The number of nitro groups is 1. The van der Waals surface area contributed by atoms with Crippen LogP contribution < -0.4 is 18.9 Å². The maximum Gasteiger partial charge on any atom is 0.387 e. The van der Waals surface area contributed by atoms with Crippen molar-refractivity contribution in [3.8, 4) is 23.0 Å². The second-order valence-electron chi connectivity index (χ2n) is 5.82. The molecule has 30 heavy (non-hydrogen) atoms. The zero-order valence-electron chi connectivity index (χ0n) is 15.5. The van der Waals surface area contributed by atoms with Gasteiger partial charge in [-0.3, -0.25) is 10.1 Å². The summed E-state index contributed by atoms with van der Waals surface area (Å²) in [5.41, 5.74) is 0.0413. The molecule has 0 N–H and O–H groups in total. The van der Waals surface area contributed by atoms with Gasteiger partial charge in [0.05, 0.1) is 23.7 Å². The molecule has 0 radical (unpaired) electrons. The number of fused-ring (bicyclic) bond motifs is 1. The van der Waals surface area contributed by atoms with E-state index >= 15 is 0 Å². The molecule has 0 amide bonds. The van der Waals surface area contributed by atoms with Gasteiger partial charge in [-0.25, -0.2) is 4.79 Å². The van der Waals surface area contributed by atoms with E-state index in [1.165, 1.54) is 13.2 Å². The molecule has 0 saturated carbocycles. The highest BCUT2D eigenvalue weighted by Crippen LogP contribution is 2.36. The van der Waals surface area contributed by atoms with Crippen LogP contribution >= 0.6 is 0 Å². The SMILES string of the molecule is COc1cc(COC(=O)/C=C/c2ccc3c(c2)OCO3)c([N+](=O)[O-])cc1OC(F)F. The van der Waals surface area contributed by atoms with E-state index in [9.17, 15) is 23.7 Å². The highest BCUT2D eigenvalue weighted by molar-refractivity contribution is 5.87. The fourth-order valence-electron chi connectivity index (χ4n) is 2.60. The number of rotatable bonds is 8. The van der Waals surface area contributed by atoms with Crippen LogP contribution in [0.2, 0.25) is 0 Å². The molecule has 0 aliphatic carbocycles. The average Bonchev–Trinajstić information content (AvgIpc) is 3.18.